The molecule has 0 aliphatic heterocycles. The van der Waals surface area contributed by atoms with Gasteiger partial charge >= 0.3 is 180 Å². The first-order valence-electron chi connectivity index (χ1n) is 11.7. The standard InChI is InChI=1S/C27H30AsFN4O2/c1-17(27(35)28-25-16-24(31-32-25)18-9-10-18)19-6-4-7-20(14-19)21-11-12-23(22(29)15-21)30-26(34)8-5-13-33(2)3/h4-8,11-12,14-18,28H,9-10,13H2,1-3H3,(H,30,34)(H,31,32)/b8-5+. The van der Waals surface area contributed by atoms with E-state index in [1.807, 2.05) is 50.2 Å². The maximum atomic E-state index is 14.7. The van der Waals surface area contributed by atoms with Crippen LogP contribution >= 0.6 is 0 Å². The van der Waals surface area contributed by atoms with E-state index in [0.717, 1.165) is 21.3 Å². The quantitative estimate of drug-likeness (QED) is 0.307. The van der Waals surface area contributed by atoms with Crippen molar-refractivity contribution in [2.75, 3.05) is 26.0 Å². The molecule has 8 heteroatoms. The van der Waals surface area contributed by atoms with Gasteiger partial charge in [0.15, 0.2) is 0 Å². The van der Waals surface area contributed by atoms with Crippen molar-refractivity contribution in [1.82, 2.24) is 15.1 Å². The number of likely N-dealkylation sites (N-methyl/N-ethyl adjacent to an activating group) is 1. The van der Waals surface area contributed by atoms with E-state index >= 15 is 0 Å². The third kappa shape index (κ3) is 6.77. The first kappa shape index (κ1) is 25.1. The van der Waals surface area contributed by atoms with Crippen molar-refractivity contribution in [3.8, 4) is 11.1 Å². The summed E-state index contributed by atoms with van der Waals surface area (Å²) in [4.78, 5) is 26.9. The summed E-state index contributed by atoms with van der Waals surface area (Å²) in [7, 11) is 3.80. The minimum atomic E-state index is -1.02. The summed E-state index contributed by atoms with van der Waals surface area (Å²) in [5, 5.41) is 10.0. The van der Waals surface area contributed by atoms with Crippen LogP contribution in [0, 0.1) is 5.82 Å². The molecule has 2 atom stereocenters. The molecule has 1 heterocycles. The molecule has 1 amide bonds. The monoisotopic (exact) mass is 536 g/mol. The molecule has 2 aromatic carbocycles. The predicted molar refractivity (Wildman–Crippen MR) is 139 cm³/mol. The van der Waals surface area contributed by atoms with Crippen LogP contribution in [-0.4, -0.2) is 62.0 Å². The molecular formula is C27H30AsFN4O2. The summed E-state index contributed by atoms with van der Waals surface area (Å²) in [6.45, 7) is 2.54. The van der Waals surface area contributed by atoms with E-state index < -0.39 is 21.6 Å². The van der Waals surface area contributed by atoms with Gasteiger partial charge in [0.1, 0.15) is 0 Å². The third-order valence-electron chi connectivity index (χ3n) is 5.95. The summed E-state index contributed by atoms with van der Waals surface area (Å²) in [5.41, 5.74) is 3.68. The van der Waals surface area contributed by atoms with Crippen LogP contribution in [0.15, 0.2) is 60.7 Å². The van der Waals surface area contributed by atoms with Crippen molar-refractivity contribution in [3.63, 3.8) is 0 Å². The summed E-state index contributed by atoms with van der Waals surface area (Å²) >= 11 is -1.02. The third-order valence-corrected chi connectivity index (χ3v) is 8.45. The van der Waals surface area contributed by atoms with Crippen LogP contribution in [-0.2, 0) is 9.59 Å². The van der Waals surface area contributed by atoms with E-state index in [1.165, 1.54) is 25.0 Å². The van der Waals surface area contributed by atoms with Crippen LogP contribution in [0.4, 0.5) is 10.1 Å². The fraction of sp³-hybridized carbons (Fsp3) is 0.296. The van der Waals surface area contributed by atoms with Gasteiger partial charge in [-0.1, -0.05) is 6.08 Å². The van der Waals surface area contributed by atoms with Gasteiger partial charge in [0.05, 0.1) is 0 Å². The zero-order chi connectivity index (χ0) is 24.9. The Labute approximate surface area is 211 Å². The number of nitrogens with zero attached hydrogens (tertiary/aromatic N) is 2. The number of halogens is 1. The Balaban J connectivity index is 1.42. The Morgan fingerprint density at radius 2 is 1.97 bits per heavy atom. The zero-order valence-corrected chi connectivity index (χ0v) is 22.2. The number of nitrogens with one attached hydrogen (secondary N) is 2. The molecule has 2 unspecified atom stereocenters. The topological polar surface area (TPSA) is 78.1 Å². The Bertz CT molecular complexity index is 1250. The fourth-order valence-electron chi connectivity index (χ4n) is 3.72. The van der Waals surface area contributed by atoms with Crippen LogP contribution in [0.2, 0.25) is 0 Å². The zero-order valence-electron chi connectivity index (χ0n) is 20.1. The number of amides is 1. The first-order chi connectivity index (χ1) is 16.8. The number of hydrogen-bond donors (Lipinski definition) is 2. The van der Waals surface area contributed by atoms with Gasteiger partial charge in [0, 0.05) is 6.54 Å². The molecule has 1 aliphatic rings. The molecule has 3 aromatic rings. The minimum absolute atomic E-state index is 0.128. The molecule has 0 radical (unpaired) electrons. The summed E-state index contributed by atoms with van der Waals surface area (Å²) in [6, 6.07) is 14.4. The fourth-order valence-corrected chi connectivity index (χ4v) is 5.76. The average Bonchev–Trinajstić information content (AvgIpc) is 3.58. The van der Waals surface area contributed by atoms with Crippen molar-refractivity contribution in [2.24, 2.45) is 0 Å². The van der Waals surface area contributed by atoms with Gasteiger partial charge in [0.25, 0.3) is 0 Å². The predicted octanol–water partition coefficient (Wildman–Crippen LogP) is 3.54. The first-order valence-corrected chi connectivity index (χ1v) is 13.8. The number of hydrogen-bond acceptors (Lipinski definition) is 4. The number of anilines is 1. The number of carbonyl (C=O) groups excluding carboxylic acids is 2. The second kappa shape index (κ2) is 11.1. The SMILES string of the molecule is CC(C(=O)[AsH]c1cc(C2CC2)[nH]n1)c1cccc(-c2ccc(NC(=O)/C=C/CN(C)C)c(F)c2)c1. The van der Waals surface area contributed by atoms with E-state index in [1.54, 1.807) is 18.2 Å². The van der Waals surface area contributed by atoms with E-state index in [0.29, 0.717) is 18.0 Å². The van der Waals surface area contributed by atoms with Gasteiger partial charge in [-0.25, -0.2) is 0 Å². The van der Waals surface area contributed by atoms with Crippen LogP contribution < -0.4 is 9.80 Å². The van der Waals surface area contributed by atoms with Crippen LogP contribution in [0.1, 0.15) is 42.9 Å². The van der Waals surface area contributed by atoms with Crippen LogP contribution in [0.3, 0.4) is 0 Å². The Morgan fingerprint density at radius 3 is 2.69 bits per heavy atom. The van der Waals surface area contributed by atoms with Gasteiger partial charge in [-0.3, -0.25) is 0 Å². The summed E-state index contributed by atoms with van der Waals surface area (Å²) in [6.07, 6.45) is 5.51. The van der Waals surface area contributed by atoms with Gasteiger partial charge in [-0.15, -0.1) is 0 Å². The molecule has 1 saturated carbocycles. The molecule has 0 bridgehead atoms. The van der Waals surface area contributed by atoms with Gasteiger partial charge in [-0.2, -0.15) is 0 Å². The average molecular weight is 536 g/mol. The van der Waals surface area contributed by atoms with Crippen LogP contribution in [0.5, 0.6) is 0 Å². The van der Waals surface area contributed by atoms with Crippen molar-refractivity contribution in [1.29, 1.82) is 0 Å². The van der Waals surface area contributed by atoms with Crippen molar-refractivity contribution < 1.29 is 14.0 Å². The molecule has 4 rings (SSSR count). The normalized spacial score (nSPS) is 14.8. The number of rotatable bonds is 10. The second-order valence-electron chi connectivity index (χ2n) is 9.17. The maximum absolute atomic E-state index is 14.7. The molecule has 35 heavy (non-hydrogen) atoms. The van der Waals surface area contributed by atoms with E-state index in [9.17, 15) is 14.0 Å². The molecule has 0 saturated heterocycles. The Morgan fingerprint density at radius 1 is 1.20 bits per heavy atom. The Kier molecular flexibility index (Phi) is 7.99. The number of benzene rings is 2. The number of aromatic nitrogens is 2. The van der Waals surface area contributed by atoms with E-state index in [2.05, 4.69) is 21.6 Å². The molecule has 6 nitrogen and oxygen atoms in total. The molecule has 2 N–H and O–H groups in total. The van der Waals surface area contributed by atoms with Crippen molar-refractivity contribution in [2.45, 2.75) is 31.6 Å². The van der Waals surface area contributed by atoms with Gasteiger partial charge < -0.3 is 4.90 Å². The molecule has 1 fully saturated rings. The van der Waals surface area contributed by atoms with Gasteiger partial charge in [-0.05, 0) is 14.1 Å². The number of aromatic amines is 1. The van der Waals surface area contributed by atoms with E-state index in [-0.39, 0.29) is 22.1 Å². The number of carbonyl (C=O) groups is 2. The van der Waals surface area contributed by atoms with Crippen LogP contribution in [0.25, 0.3) is 11.1 Å². The van der Waals surface area contributed by atoms with Gasteiger partial charge in [0.2, 0.25) is 0 Å². The van der Waals surface area contributed by atoms with Crippen molar-refractivity contribution in [3.05, 3.63) is 77.8 Å². The van der Waals surface area contributed by atoms with E-state index in [4.69, 9.17) is 0 Å². The molecule has 0 spiro atoms. The molecule has 182 valence electrons. The Hall–Kier alpha value is -3.02. The second-order valence-corrected chi connectivity index (χ2v) is 11.8. The summed E-state index contributed by atoms with van der Waals surface area (Å²) < 4.78 is 15.8. The summed E-state index contributed by atoms with van der Waals surface area (Å²) in [5.74, 6) is -0.555. The van der Waals surface area contributed by atoms with Crippen molar-refractivity contribution >= 4 is 36.4 Å². The molecule has 1 aliphatic carbocycles. The molecular weight excluding hydrogens is 506 g/mol. The molecule has 1 aromatic heterocycles. The number of H-pyrrole nitrogens is 1.